The molecule has 0 spiro atoms. The second-order valence-corrected chi connectivity index (χ2v) is 10.9. The van der Waals surface area contributed by atoms with Crippen LogP contribution in [-0.4, -0.2) is 35.5 Å². The lowest BCUT2D eigenvalue weighted by Crippen LogP contribution is -2.33. The van der Waals surface area contributed by atoms with Crippen molar-refractivity contribution < 1.29 is 9.13 Å². The minimum absolute atomic E-state index is 1.13. The van der Waals surface area contributed by atoms with Crippen molar-refractivity contribution in [3.05, 3.63) is 49.1 Å². The third-order valence-corrected chi connectivity index (χ3v) is 8.19. The number of aryl methyl sites for hydroxylation is 2. The predicted molar refractivity (Wildman–Crippen MR) is 130 cm³/mol. The first-order valence-corrected chi connectivity index (χ1v) is 14.8. The second-order valence-electron chi connectivity index (χ2n) is 6.64. The maximum atomic E-state index is 2.32. The van der Waals surface area contributed by atoms with Crippen LogP contribution in [0.25, 0.3) is 0 Å². The van der Waals surface area contributed by atoms with E-state index in [0.717, 1.165) is 13.1 Å². The number of hydrogen-bond acceptors (Lipinski definition) is 4. The summed E-state index contributed by atoms with van der Waals surface area (Å²) in [5.41, 5.74) is 0. The topological polar surface area (TPSA) is 7.76 Å². The Balaban J connectivity index is 1.54. The van der Waals surface area contributed by atoms with Crippen LogP contribution in [0.15, 0.2) is 58.8 Å². The fourth-order valence-electron chi connectivity index (χ4n) is 2.81. The monoisotopic (exact) mass is 454 g/mol. The number of thioether (sulfide) groups is 4. The Morgan fingerprint density at radius 3 is 1.32 bits per heavy atom. The van der Waals surface area contributed by atoms with Gasteiger partial charge < -0.3 is 0 Å². The van der Waals surface area contributed by atoms with Gasteiger partial charge in [-0.3, -0.25) is 0 Å². The van der Waals surface area contributed by atoms with Crippen molar-refractivity contribution in [2.45, 2.75) is 48.6 Å². The molecule has 2 nitrogen and oxygen atoms in total. The Hall–Kier alpha value is -0.300. The van der Waals surface area contributed by atoms with E-state index in [0.29, 0.717) is 0 Å². The normalized spacial score (nSPS) is 11.1. The molecular weight excluding hydrogens is 421 g/mol. The molecule has 0 amide bonds. The molecule has 0 atom stereocenters. The lowest BCUT2D eigenvalue weighted by atomic mass is 10.2. The summed E-state index contributed by atoms with van der Waals surface area (Å²) in [4.78, 5) is 2.77. The van der Waals surface area contributed by atoms with E-state index in [1.807, 2.05) is 47.0 Å². The highest BCUT2D eigenvalue weighted by Gasteiger charge is 2.04. The molecule has 0 aliphatic heterocycles. The second kappa shape index (κ2) is 15.5. The van der Waals surface area contributed by atoms with Crippen LogP contribution in [0.1, 0.15) is 25.7 Å². The SMILES string of the molecule is CSCCSc1cc[n+](CCCCCC[n+]2ccc(SCCSC)cc2)cc1. The summed E-state index contributed by atoms with van der Waals surface area (Å²) in [6, 6.07) is 9.02. The zero-order chi connectivity index (χ0) is 19.9. The average Bonchev–Trinajstić information content (AvgIpc) is 2.73. The van der Waals surface area contributed by atoms with Gasteiger partial charge in [-0.05, 0) is 25.4 Å². The molecule has 0 radical (unpaired) electrons. The van der Waals surface area contributed by atoms with Crippen molar-refractivity contribution >= 4 is 47.0 Å². The summed E-state index contributed by atoms with van der Waals surface area (Å²) in [7, 11) is 0. The largest absolute Gasteiger partial charge is 0.205 e. The number of unbranched alkanes of at least 4 members (excludes halogenated alkanes) is 3. The lowest BCUT2D eigenvalue weighted by molar-refractivity contribution is -0.699. The highest BCUT2D eigenvalue weighted by Crippen LogP contribution is 2.17. The van der Waals surface area contributed by atoms with Gasteiger partial charge in [0, 0.05) is 69.9 Å². The molecule has 0 aliphatic rings. The van der Waals surface area contributed by atoms with Crippen LogP contribution >= 0.6 is 47.0 Å². The Kier molecular flexibility index (Phi) is 13.3. The highest BCUT2D eigenvalue weighted by molar-refractivity contribution is 8.03. The summed E-state index contributed by atoms with van der Waals surface area (Å²) in [5.74, 6) is 4.84. The van der Waals surface area contributed by atoms with Crippen LogP contribution in [0.2, 0.25) is 0 Å². The molecule has 0 fully saturated rings. The number of rotatable bonds is 15. The first-order valence-electron chi connectivity index (χ1n) is 10.0. The van der Waals surface area contributed by atoms with Gasteiger partial charge >= 0.3 is 0 Å². The van der Waals surface area contributed by atoms with Gasteiger partial charge in [0.2, 0.25) is 0 Å². The molecule has 2 aromatic rings. The van der Waals surface area contributed by atoms with E-state index >= 15 is 0 Å². The molecule has 2 rings (SSSR count). The highest BCUT2D eigenvalue weighted by atomic mass is 32.2. The molecule has 0 unspecified atom stereocenters. The van der Waals surface area contributed by atoms with Crippen LogP contribution in [0.5, 0.6) is 0 Å². The zero-order valence-electron chi connectivity index (χ0n) is 17.2. The summed E-state index contributed by atoms with van der Waals surface area (Å²) >= 11 is 7.74. The van der Waals surface area contributed by atoms with Gasteiger partial charge in [0.15, 0.2) is 24.8 Å². The first kappa shape index (κ1) is 24.0. The molecular formula is C22H34N2S4+2. The number of aromatic nitrogens is 2. The van der Waals surface area contributed by atoms with Gasteiger partial charge in [-0.1, -0.05) is 0 Å². The van der Waals surface area contributed by atoms with Gasteiger partial charge in [0.25, 0.3) is 0 Å². The fourth-order valence-corrected chi connectivity index (χ4v) is 5.91. The van der Waals surface area contributed by atoms with Gasteiger partial charge in [-0.2, -0.15) is 23.5 Å². The molecule has 154 valence electrons. The average molecular weight is 455 g/mol. The van der Waals surface area contributed by atoms with Crippen molar-refractivity contribution in [2.24, 2.45) is 0 Å². The summed E-state index contributed by atoms with van der Waals surface area (Å²) < 4.78 is 4.64. The van der Waals surface area contributed by atoms with E-state index in [4.69, 9.17) is 0 Å². The summed E-state index contributed by atoms with van der Waals surface area (Å²) in [6.45, 7) is 2.26. The van der Waals surface area contributed by atoms with Crippen molar-refractivity contribution in [1.82, 2.24) is 0 Å². The third-order valence-electron chi connectivity index (χ3n) is 4.42. The number of nitrogens with zero attached hydrogens (tertiary/aromatic N) is 2. The van der Waals surface area contributed by atoms with Crippen LogP contribution in [0, 0.1) is 0 Å². The molecule has 2 aromatic heterocycles. The van der Waals surface area contributed by atoms with Gasteiger partial charge in [-0.15, -0.1) is 23.5 Å². The van der Waals surface area contributed by atoms with E-state index < -0.39 is 0 Å². The lowest BCUT2D eigenvalue weighted by Gasteiger charge is -2.02. The maximum Gasteiger partial charge on any atom is 0.169 e. The molecule has 2 heterocycles. The molecule has 0 aromatic carbocycles. The van der Waals surface area contributed by atoms with Crippen LogP contribution in [-0.2, 0) is 13.1 Å². The molecule has 0 bridgehead atoms. The van der Waals surface area contributed by atoms with Gasteiger partial charge in [0.05, 0.1) is 0 Å². The van der Waals surface area contributed by atoms with Crippen molar-refractivity contribution in [1.29, 1.82) is 0 Å². The van der Waals surface area contributed by atoms with E-state index in [1.54, 1.807) is 0 Å². The van der Waals surface area contributed by atoms with E-state index in [9.17, 15) is 0 Å². The molecule has 0 saturated carbocycles. The van der Waals surface area contributed by atoms with Gasteiger partial charge in [0.1, 0.15) is 13.1 Å². The van der Waals surface area contributed by atoms with Crippen molar-refractivity contribution in [3.8, 4) is 0 Å². The molecule has 28 heavy (non-hydrogen) atoms. The maximum absolute atomic E-state index is 2.32. The fraction of sp³-hybridized carbons (Fsp3) is 0.545. The predicted octanol–water partition coefficient (Wildman–Crippen LogP) is 5.43. The van der Waals surface area contributed by atoms with Crippen LogP contribution in [0.3, 0.4) is 0 Å². The van der Waals surface area contributed by atoms with Crippen molar-refractivity contribution in [2.75, 3.05) is 35.5 Å². The standard InChI is InChI=1S/C22H34N2S4/c1-25-17-19-27-21-7-13-23(14-8-21)11-5-3-4-6-12-24-15-9-22(10-16-24)28-20-18-26-2/h7-10,13-16H,3-6,11-12,17-20H2,1-2H3/q+2. The van der Waals surface area contributed by atoms with E-state index in [-0.39, 0.29) is 0 Å². The first-order chi connectivity index (χ1) is 13.8. The smallest absolute Gasteiger partial charge is 0.169 e. The third kappa shape index (κ3) is 10.5. The Bertz CT molecular complexity index is 574. The summed E-state index contributed by atoms with van der Waals surface area (Å²) in [6.07, 6.45) is 18.4. The quantitative estimate of drug-likeness (QED) is 0.201. The Morgan fingerprint density at radius 2 is 0.964 bits per heavy atom. The van der Waals surface area contributed by atoms with Crippen molar-refractivity contribution in [3.63, 3.8) is 0 Å². The Morgan fingerprint density at radius 1 is 0.571 bits per heavy atom. The summed E-state index contributed by atoms with van der Waals surface area (Å²) in [5, 5.41) is 0. The van der Waals surface area contributed by atoms with Crippen LogP contribution < -0.4 is 9.13 Å². The molecule has 6 heteroatoms. The van der Waals surface area contributed by atoms with E-state index in [2.05, 4.69) is 70.7 Å². The van der Waals surface area contributed by atoms with E-state index in [1.165, 1.54) is 58.5 Å². The molecule has 0 saturated heterocycles. The Labute approximate surface area is 188 Å². The molecule has 0 N–H and O–H groups in total. The number of pyridine rings is 2. The molecule has 0 aliphatic carbocycles. The van der Waals surface area contributed by atoms with Gasteiger partial charge in [-0.25, -0.2) is 9.13 Å². The minimum Gasteiger partial charge on any atom is -0.205 e. The zero-order valence-corrected chi connectivity index (χ0v) is 20.5. The van der Waals surface area contributed by atoms with Crippen LogP contribution in [0.4, 0.5) is 0 Å². The number of hydrogen-bond donors (Lipinski definition) is 0. The minimum atomic E-state index is 1.13.